The summed E-state index contributed by atoms with van der Waals surface area (Å²) in [6, 6.07) is 6.75. The molecule has 1 aliphatic rings. The number of nitrogens with zero attached hydrogens (tertiary/aromatic N) is 1. The van der Waals surface area contributed by atoms with Gasteiger partial charge in [-0.05, 0) is 31.5 Å². The van der Waals surface area contributed by atoms with Crippen LogP contribution in [0.2, 0.25) is 0 Å². The highest BCUT2D eigenvalue weighted by molar-refractivity contribution is 8.00. The maximum atomic E-state index is 12.4. The molecule has 0 saturated carbocycles. The molecule has 1 atom stereocenters. The number of amides is 1. The van der Waals surface area contributed by atoms with Crippen LogP contribution in [-0.2, 0) is 4.79 Å². The minimum Gasteiger partial charge on any atom is -0.508 e. The van der Waals surface area contributed by atoms with Crippen molar-refractivity contribution in [2.75, 3.05) is 11.1 Å². The number of aromatic amines is 1. The topological polar surface area (TPSA) is 87.1 Å². The first kappa shape index (κ1) is 14.8. The molecule has 7 heteroatoms. The zero-order chi connectivity index (χ0) is 15.9. The zero-order valence-corrected chi connectivity index (χ0v) is 13.1. The number of anilines is 1. The van der Waals surface area contributed by atoms with Crippen LogP contribution in [0.4, 0.5) is 5.82 Å². The van der Waals surface area contributed by atoms with E-state index in [1.54, 1.807) is 28.9 Å². The van der Waals surface area contributed by atoms with E-state index in [4.69, 9.17) is 0 Å². The number of phenols is 1. The molecule has 1 aromatic carbocycles. The van der Waals surface area contributed by atoms with E-state index in [0.717, 1.165) is 5.56 Å². The highest BCUT2D eigenvalue weighted by Gasteiger charge is 2.30. The van der Waals surface area contributed by atoms with Crippen LogP contribution in [0.25, 0.3) is 0 Å². The Kier molecular flexibility index (Phi) is 3.74. The van der Waals surface area contributed by atoms with E-state index in [1.165, 1.54) is 11.8 Å². The fourth-order valence-corrected chi connectivity index (χ4v) is 3.67. The molecule has 0 fully saturated rings. The summed E-state index contributed by atoms with van der Waals surface area (Å²) in [6.45, 7) is 3.88. The second-order valence-corrected chi connectivity index (χ2v) is 6.59. The van der Waals surface area contributed by atoms with E-state index < -0.39 is 0 Å². The van der Waals surface area contributed by atoms with Gasteiger partial charge in [0.25, 0.3) is 5.56 Å². The minimum atomic E-state index is -0.252. The van der Waals surface area contributed by atoms with Crippen LogP contribution in [0.5, 0.6) is 5.75 Å². The lowest BCUT2D eigenvalue weighted by Gasteiger charge is -2.15. The van der Waals surface area contributed by atoms with Crippen molar-refractivity contribution >= 4 is 23.5 Å². The number of carbonyl (C=O) groups excluding carboxylic acids is 1. The van der Waals surface area contributed by atoms with Crippen molar-refractivity contribution < 1.29 is 9.90 Å². The molecule has 1 aromatic heterocycles. The van der Waals surface area contributed by atoms with Gasteiger partial charge in [0.1, 0.15) is 11.6 Å². The smallest absolute Gasteiger partial charge is 0.270 e. The molecule has 0 radical (unpaired) electrons. The Labute approximate surface area is 131 Å². The van der Waals surface area contributed by atoms with Crippen molar-refractivity contribution in [2.45, 2.75) is 25.1 Å². The molecule has 0 spiro atoms. The predicted molar refractivity (Wildman–Crippen MR) is 86.5 cm³/mol. The molecule has 1 unspecified atom stereocenters. The summed E-state index contributed by atoms with van der Waals surface area (Å²) in [7, 11) is 0. The second-order valence-electron chi connectivity index (χ2n) is 5.50. The van der Waals surface area contributed by atoms with Gasteiger partial charge >= 0.3 is 0 Å². The number of hydrogen-bond acceptors (Lipinski definition) is 4. The summed E-state index contributed by atoms with van der Waals surface area (Å²) >= 11 is 1.41. The van der Waals surface area contributed by atoms with Crippen LogP contribution in [0.15, 0.2) is 29.1 Å². The molecule has 22 heavy (non-hydrogen) atoms. The summed E-state index contributed by atoms with van der Waals surface area (Å²) in [5.41, 5.74) is 1.24. The van der Waals surface area contributed by atoms with Crippen LogP contribution in [-0.4, -0.2) is 26.5 Å². The molecule has 3 rings (SSSR count). The van der Waals surface area contributed by atoms with E-state index >= 15 is 0 Å². The number of aromatic nitrogens is 2. The average molecular weight is 319 g/mol. The normalized spacial score (nSPS) is 18.0. The third kappa shape index (κ3) is 2.52. The van der Waals surface area contributed by atoms with E-state index in [2.05, 4.69) is 10.4 Å². The highest BCUT2D eigenvalue weighted by atomic mass is 32.2. The predicted octanol–water partition coefficient (Wildman–Crippen LogP) is 2.24. The SMILES string of the molecule is CC(C)n1[nH]c(=O)c2c1NC(=O)CSC2c1ccc(O)cc1. The van der Waals surface area contributed by atoms with Crippen LogP contribution in [0, 0.1) is 0 Å². The van der Waals surface area contributed by atoms with Crippen molar-refractivity contribution in [3.8, 4) is 5.75 Å². The summed E-state index contributed by atoms with van der Waals surface area (Å²) in [6.07, 6.45) is 0. The molecule has 2 heterocycles. The summed E-state index contributed by atoms with van der Waals surface area (Å²) < 4.78 is 1.69. The number of benzene rings is 1. The maximum absolute atomic E-state index is 12.4. The first-order chi connectivity index (χ1) is 10.5. The van der Waals surface area contributed by atoms with Crippen molar-refractivity contribution in [3.05, 3.63) is 45.7 Å². The Balaban J connectivity index is 2.17. The van der Waals surface area contributed by atoms with Crippen LogP contribution in [0.1, 0.15) is 36.3 Å². The van der Waals surface area contributed by atoms with Gasteiger partial charge in [-0.1, -0.05) is 12.1 Å². The van der Waals surface area contributed by atoms with Gasteiger partial charge in [0.15, 0.2) is 0 Å². The Morgan fingerprint density at radius 1 is 1.27 bits per heavy atom. The molecule has 6 nitrogen and oxygen atoms in total. The van der Waals surface area contributed by atoms with Crippen LogP contribution in [0.3, 0.4) is 0 Å². The lowest BCUT2D eigenvalue weighted by Crippen LogP contribution is -2.17. The third-order valence-electron chi connectivity index (χ3n) is 3.58. The number of carbonyl (C=O) groups is 1. The maximum Gasteiger partial charge on any atom is 0.270 e. The average Bonchev–Trinajstić information content (AvgIpc) is 2.68. The standard InChI is InChI=1S/C15H17N3O3S/c1-8(2)18-14-12(15(21)17-18)13(22-7-11(20)16-14)9-3-5-10(19)6-4-9/h3-6,8,13,19H,7H2,1-2H3,(H,16,20)(H,17,21). The van der Waals surface area contributed by atoms with E-state index in [1.807, 2.05) is 13.8 Å². The van der Waals surface area contributed by atoms with E-state index in [9.17, 15) is 14.7 Å². The van der Waals surface area contributed by atoms with Crippen molar-refractivity contribution in [2.24, 2.45) is 0 Å². The van der Waals surface area contributed by atoms with Gasteiger partial charge in [0, 0.05) is 6.04 Å². The van der Waals surface area contributed by atoms with E-state index in [-0.39, 0.29) is 34.3 Å². The fourth-order valence-electron chi connectivity index (χ4n) is 2.54. The summed E-state index contributed by atoms with van der Waals surface area (Å²) in [5.74, 6) is 0.858. The molecule has 0 saturated heterocycles. The quantitative estimate of drug-likeness (QED) is 0.792. The number of thioether (sulfide) groups is 1. The van der Waals surface area contributed by atoms with Gasteiger partial charge in [0.2, 0.25) is 5.91 Å². The van der Waals surface area contributed by atoms with Crippen molar-refractivity contribution in [1.29, 1.82) is 0 Å². The molecule has 0 bridgehead atoms. The number of phenolic OH excluding ortho intramolecular Hbond substituents is 1. The number of fused-ring (bicyclic) bond motifs is 1. The molecule has 1 aliphatic heterocycles. The van der Waals surface area contributed by atoms with Crippen molar-refractivity contribution in [3.63, 3.8) is 0 Å². The van der Waals surface area contributed by atoms with Gasteiger partial charge < -0.3 is 10.4 Å². The molecule has 116 valence electrons. The largest absolute Gasteiger partial charge is 0.508 e. The second kappa shape index (κ2) is 5.57. The van der Waals surface area contributed by atoms with Crippen LogP contribution < -0.4 is 10.9 Å². The molecular weight excluding hydrogens is 302 g/mol. The first-order valence-corrected chi connectivity index (χ1v) is 8.07. The minimum absolute atomic E-state index is 0.0281. The summed E-state index contributed by atoms with van der Waals surface area (Å²) in [5, 5.41) is 14.8. The monoisotopic (exact) mass is 319 g/mol. The summed E-state index contributed by atoms with van der Waals surface area (Å²) in [4.78, 5) is 24.4. The van der Waals surface area contributed by atoms with Crippen molar-refractivity contribution in [1.82, 2.24) is 9.78 Å². The van der Waals surface area contributed by atoms with Gasteiger partial charge in [0.05, 0.1) is 16.6 Å². The molecule has 0 aliphatic carbocycles. The van der Waals surface area contributed by atoms with Gasteiger partial charge in [-0.3, -0.25) is 19.4 Å². The van der Waals surface area contributed by atoms with Gasteiger partial charge in [-0.15, -0.1) is 11.8 Å². The molecular formula is C15H17N3O3S. The molecule has 3 N–H and O–H groups in total. The Hall–Kier alpha value is -2.15. The molecule has 1 amide bonds. The van der Waals surface area contributed by atoms with E-state index in [0.29, 0.717) is 11.4 Å². The number of aromatic hydroxyl groups is 1. The first-order valence-electron chi connectivity index (χ1n) is 7.02. The number of nitrogens with one attached hydrogen (secondary N) is 2. The fraction of sp³-hybridized carbons (Fsp3) is 0.333. The van der Waals surface area contributed by atoms with Gasteiger partial charge in [-0.25, -0.2) is 0 Å². The zero-order valence-electron chi connectivity index (χ0n) is 12.3. The van der Waals surface area contributed by atoms with Crippen LogP contribution >= 0.6 is 11.8 Å². The molecule has 2 aromatic rings. The number of H-pyrrole nitrogens is 1. The highest BCUT2D eigenvalue weighted by Crippen LogP contribution is 2.40. The lowest BCUT2D eigenvalue weighted by atomic mass is 10.1. The Morgan fingerprint density at radius 3 is 2.59 bits per heavy atom. The Morgan fingerprint density at radius 2 is 1.95 bits per heavy atom. The third-order valence-corrected chi connectivity index (χ3v) is 4.85. The number of rotatable bonds is 2. The number of hydrogen-bond donors (Lipinski definition) is 3. The Bertz CT molecular complexity index is 761. The van der Waals surface area contributed by atoms with Gasteiger partial charge in [-0.2, -0.15) is 0 Å². The lowest BCUT2D eigenvalue weighted by molar-refractivity contribution is -0.113.